The molecular weight excluding hydrogens is 426 g/mol. The number of likely N-dealkylation sites (tertiary alicyclic amines) is 1. The molecular formula is C25H36ClN3O3. The zero-order valence-corrected chi connectivity index (χ0v) is 20.2. The first kappa shape index (κ1) is 23.5. The molecule has 7 heteroatoms. The fourth-order valence-corrected chi connectivity index (χ4v) is 5.44. The summed E-state index contributed by atoms with van der Waals surface area (Å²) >= 11 is 5.99. The number of nitrogens with zero attached hydrogens (tertiary/aromatic N) is 2. The third-order valence-electron chi connectivity index (χ3n) is 7.43. The van der Waals surface area contributed by atoms with Gasteiger partial charge >= 0.3 is 0 Å². The van der Waals surface area contributed by atoms with Gasteiger partial charge in [-0.25, -0.2) is 0 Å². The number of likely N-dealkylation sites (N-methyl/N-ethyl adjacent to an activating group) is 1. The van der Waals surface area contributed by atoms with Crippen LogP contribution in [-0.4, -0.2) is 72.1 Å². The lowest BCUT2D eigenvalue weighted by atomic mass is 9.84. The number of carbonyl (C=O) groups excluding carboxylic acids is 2. The molecule has 2 saturated heterocycles. The fourth-order valence-electron chi connectivity index (χ4n) is 5.31. The van der Waals surface area contributed by atoms with Crippen LogP contribution in [0, 0.1) is 5.92 Å². The number of halogens is 1. The standard InChI is InChI=1S/C25H36ClN3O3/c1-17(2)23(30)29(20-8-11-25(12-9-20)16-32-25)21-10-13-28(15-21)24(31)22(27-3)14-18-4-6-19(26)7-5-18/h4-7,17,20-22,27H,8-16H2,1-3H3. The fraction of sp³-hybridized carbons (Fsp3) is 0.680. The summed E-state index contributed by atoms with van der Waals surface area (Å²) in [6.45, 7) is 6.15. The van der Waals surface area contributed by atoms with Gasteiger partial charge in [0.05, 0.1) is 24.3 Å². The highest BCUT2D eigenvalue weighted by molar-refractivity contribution is 6.30. The molecule has 2 amide bonds. The van der Waals surface area contributed by atoms with E-state index in [1.807, 2.05) is 50.1 Å². The lowest BCUT2D eigenvalue weighted by Gasteiger charge is -2.41. The van der Waals surface area contributed by atoms with E-state index in [0.717, 1.165) is 44.3 Å². The molecule has 1 aliphatic carbocycles. The first-order chi connectivity index (χ1) is 15.3. The van der Waals surface area contributed by atoms with Gasteiger partial charge in [0, 0.05) is 30.1 Å². The van der Waals surface area contributed by atoms with E-state index in [9.17, 15) is 9.59 Å². The van der Waals surface area contributed by atoms with Gasteiger partial charge in [0.25, 0.3) is 0 Å². The minimum absolute atomic E-state index is 0.0391. The van der Waals surface area contributed by atoms with Crippen LogP contribution >= 0.6 is 11.6 Å². The van der Waals surface area contributed by atoms with Crippen molar-refractivity contribution in [3.63, 3.8) is 0 Å². The Balaban J connectivity index is 1.41. The molecule has 0 radical (unpaired) electrons. The molecule has 2 atom stereocenters. The van der Waals surface area contributed by atoms with Crippen molar-refractivity contribution in [3.8, 4) is 0 Å². The van der Waals surface area contributed by atoms with Crippen molar-refractivity contribution in [3.05, 3.63) is 34.9 Å². The van der Waals surface area contributed by atoms with Crippen LogP contribution in [0.15, 0.2) is 24.3 Å². The van der Waals surface area contributed by atoms with Crippen LogP contribution in [0.2, 0.25) is 5.02 Å². The van der Waals surface area contributed by atoms with Crippen LogP contribution in [0.3, 0.4) is 0 Å². The molecule has 0 aromatic heterocycles. The molecule has 2 aliphatic heterocycles. The van der Waals surface area contributed by atoms with Gasteiger partial charge in [-0.3, -0.25) is 9.59 Å². The third-order valence-corrected chi connectivity index (χ3v) is 7.68. The van der Waals surface area contributed by atoms with Crippen molar-refractivity contribution in [1.82, 2.24) is 15.1 Å². The Hall–Kier alpha value is -1.63. The second-order valence-corrected chi connectivity index (χ2v) is 10.4. The monoisotopic (exact) mass is 461 g/mol. The molecule has 3 aliphatic rings. The maximum Gasteiger partial charge on any atom is 0.240 e. The van der Waals surface area contributed by atoms with E-state index in [2.05, 4.69) is 10.2 Å². The second-order valence-electron chi connectivity index (χ2n) is 10.0. The molecule has 1 spiro atoms. The van der Waals surface area contributed by atoms with Gasteiger partial charge in [-0.05, 0) is 63.3 Å². The molecule has 6 nitrogen and oxygen atoms in total. The van der Waals surface area contributed by atoms with E-state index in [1.54, 1.807) is 0 Å². The number of hydrogen-bond donors (Lipinski definition) is 1. The summed E-state index contributed by atoms with van der Waals surface area (Å²) in [6.07, 6.45) is 5.54. The predicted molar refractivity (Wildman–Crippen MR) is 126 cm³/mol. The minimum Gasteiger partial charge on any atom is -0.370 e. The van der Waals surface area contributed by atoms with E-state index in [-0.39, 0.29) is 41.5 Å². The normalized spacial score (nSPS) is 28.2. The highest BCUT2D eigenvalue weighted by atomic mass is 35.5. The molecule has 1 N–H and O–H groups in total. The third kappa shape index (κ3) is 5.13. The largest absolute Gasteiger partial charge is 0.370 e. The molecule has 3 fully saturated rings. The van der Waals surface area contributed by atoms with Crippen LogP contribution < -0.4 is 5.32 Å². The predicted octanol–water partition coefficient (Wildman–Crippen LogP) is 3.27. The van der Waals surface area contributed by atoms with E-state index in [0.29, 0.717) is 24.5 Å². The van der Waals surface area contributed by atoms with Gasteiger partial charge in [-0.2, -0.15) is 0 Å². The summed E-state index contributed by atoms with van der Waals surface area (Å²) in [5.74, 6) is 0.284. The van der Waals surface area contributed by atoms with Crippen LogP contribution in [0.1, 0.15) is 51.5 Å². The van der Waals surface area contributed by atoms with E-state index >= 15 is 0 Å². The molecule has 1 saturated carbocycles. The van der Waals surface area contributed by atoms with Gasteiger partial charge in [0.2, 0.25) is 11.8 Å². The smallest absolute Gasteiger partial charge is 0.240 e. The molecule has 2 unspecified atom stereocenters. The van der Waals surface area contributed by atoms with Crippen molar-refractivity contribution in [2.24, 2.45) is 5.92 Å². The quantitative estimate of drug-likeness (QED) is 0.633. The number of rotatable bonds is 7. The van der Waals surface area contributed by atoms with Crippen LogP contribution in [0.5, 0.6) is 0 Å². The number of benzene rings is 1. The minimum atomic E-state index is -0.286. The number of ether oxygens (including phenoxy) is 1. The van der Waals surface area contributed by atoms with Gasteiger partial charge in [-0.1, -0.05) is 37.6 Å². The average molecular weight is 462 g/mol. The Morgan fingerprint density at radius 3 is 2.41 bits per heavy atom. The topological polar surface area (TPSA) is 65.2 Å². The highest BCUT2D eigenvalue weighted by Crippen LogP contribution is 2.43. The van der Waals surface area contributed by atoms with Gasteiger partial charge in [0.15, 0.2) is 0 Å². The molecule has 1 aromatic carbocycles. The second kappa shape index (κ2) is 9.70. The van der Waals surface area contributed by atoms with E-state index < -0.39 is 0 Å². The zero-order valence-electron chi connectivity index (χ0n) is 19.5. The number of carbonyl (C=O) groups is 2. The maximum atomic E-state index is 13.3. The van der Waals surface area contributed by atoms with Crippen LogP contribution in [-0.2, 0) is 20.7 Å². The van der Waals surface area contributed by atoms with Gasteiger partial charge in [0.1, 0.15) is 0 Å². The molecule has 32 heavy (non-hydrogen) atoms. The molecule has 0 bridgehead atoms. The lowest BCUT2D eigenvalue weighted by molar-refractivity contribution is -0.141. The molecule has 2 heterocycles. The molecule has 1 aromatic rings. The van der Waals surface area contributed by atoms with Gasteiger partial charge < -0.3 is 19.9 Å². The summed E-state index contributed by atoms with van der Waals surface area (Å²) < 4.78 is 5.67. The first-order valence-electron chi connectivity index (χ1n) is 12.0. The highest BCUT2D eigenvalue weighted by Gasteiger charge is 2.49. The number of epoxide rings is 1. The Kier molecular flexibility index (Phi) is 7.13. The van der Waals surface area contributed by atoms with Crippen LogP contribution in [0.4, 0.5) is 0 Å². The van der Waals surface area contributed by atoms with Crippen molar-refractivity contribution < 1.29 is 14.3 Å². The summed E-state index contributed by atoms with van der Waals surface area (Å²) in [7, 11) is 1.83. The number of amides is 2. The van der Waals surface area contributed by atoms with Crippen molar-refractivity contribution in [1.29, 1.82) is 0 Å². The summed E-state index contributed by atoms with van der Waals surface area (Å²) in [5, 5.41) is 3.88. The zero-order chi connectivity index (χ0) is 22.9. The summed E-state index contributed by atoms with van der Waals surface area (Å²) in [4.78, 5) is 30.6. The average Bonchev–Trinajstić information content (AvgIpc) is 3.36. The van der Waals surface area contributed by atoms with E-state index in [1.165, 1.54) is 0 Å². The Morgan fingerprint density at radius 1 is 1.19 bits per heavy atom. The summed E-state index contributed by atoms with van der Waals surface area (Å²) in [5.41, 5.74) is 1.19. The van der Waals surface area contributed by atoms with Crippen molar-refractivity contribution >= 4 is 23.4 Å². The maximum absolute atomic E-state index is 13.3. The Morgan fingerprint density at radius 2 is 1.84 bits per heavy atom. The van der Waals surface area contributed by atoms with Gasteiger partial charge in [-0.15, -0.1) is 0 Å². The lowest BCUT2D eigenvalue weighted by Crippen LogP contribution is -2.52. The molecule has 176 valence electrons. The number of hydrogen-bond acceptors (Lipinski definition) is 4. The first-order valence-corrected chi connectivity index (χ1v) is 12.4. The van der Waals surface area contributed by atoms with Crippen LogP contribution in [0.25, 0.3) is 0 Å². The molecule has 4 rings (SSSR count). The SMILES string of the molecule is CNC(Cc1ccc(Cl)cc1)C(=O)N1CCC(N(C(=O)C(C)C)C2CCC3(CC2)CO3)C1. The van der Waals surface area contributed by atoms with E-state index in [4.69, 9.17) is 16.3 Å². The van der Waals surface area contributed by atoms with Crippen molar-refractivity contribution in [2.45, 2.75) is 76.1 Å². The summed E-state index contributed by atoms with van der Waals surface area (Å²) in [6, 6.07) is 7.72. The Bertz CT molecular complexity index is 814. The van der Waals surface area contributed by atoms with Crippen molar-refractivity contribution in [2.75, 3.05) is 26.7 Å². The Labute approximate surface area is 196 Å². The number of nitrogens with one attached hydrogen (secondary N) is 1.